The molecule has 1 radical (unpaired) electrons. The zero-order valence-electron chi connectivity index (χ0n) is 13.1. The normalized spacial score (nSPS) is 11.6. The molecule has 0 saturated carbocycles. The minimum atomic E-state index is 0. The van der Waals surface area contributed by atoms with Crippen molar-refractivity contribution >= 4 is 21.5 Å². The van der Waals surface area contributed by atoms with Crippen molar-refractivity contribution in [2.75, 3.05) is 0 Å². The molecule has 1 aliphatic carbocycles. The summed E-state index contributed by atoms with van der Waals surface area (Å²) in [4.78, 5) is 0. The van der Waals surface area contributed by atoms with E-state index in [0.29, 0.717) is 0 Å². The van der Waals surface area contributed by atoms with Crippen molar-refractivity contribution in [1.29, 1.82) is 0 Å². The van der Waals surface area contributed by atoms with Crippen LogP contribution in [0.3, 0.4) is 0 Å². The number of rotatable bonds is 1. The van der Waals surface area contributed by atoms with Gasteiger partial charge in [0, 0.05) is 0 Å². The van der Waals surface area contributed by atoms with Crippen molar-refractivity contribution in [2.45, 2.75) is 19.8 Å². The van der Waals surface area contributed by atoms with Crippen molar-refractivity contribution in [2.24, 2.45) is 0 Å². The minimum absolute atomic E-state index is 0. The summed E-state index contributed by atoms with van der Waals surface area (Å²) in [5.41, 5.74) is 1.56. The zero-order valence-corrected chi connectivity index (χ0v) is 17.1. The van der Waals surface area contributed by atoms with Crippen LogP contribution in [0.4, 0.5) is 0 Å². The Morgan fingerprint density at radius 2 is 1.39 bits per heavy atom. The van der Waals surface area contributed by atoms with E-state index in [1.54, 1.807) is 5.57 Å². The van der Waals surface area contributed by atoms with Gasteiger partial charge in [0.05, 0.1) is 0 Å². The van der Waals surface area contributed by atoms with Gasteiger partial charge in [0.1, 0.15) is 0 Å². The number of fused-ring (bicyclic) bond motifs is 3. The smallest absolute Gasteiger partial charge is 1.00 e. The van der Waals surface area contributed by atoms with Crippen LogP contribution in [0.1, 0.15) is 19.8 Å². The Morgan fingerprint density at radius 1 is 0.870 bits per heavy atom. The fraction of sp³-hybridized carbons (Fsp3) is 0.150. The van der Waals surface area contributed by atoms with Gasteiger partial charge in [0.25, 0.3) is 0 Å². The Balaban J connectivity index is 0.000000426. The van der Waals surface area contributed by atoms with Crippen molar-refractivity contribution in [3.05, 3.63) is 78.4 Å². The van der Waals surface area contributed by atoms with Crippen LogP contribution >= 0.6 is 0 Å². The second-order valence-corrected chi connectivity index (χ2v) is 5.13. The van der Waals surface area contributed by atoms with E-state index in [0.717, 1.165) is 0 Å². The van der Waals surface area contributed by atoms with Gasteiger partial charge in [-0.2, -0.15) is 0 Å². The molecule has 4 rings (SSSR count). The van der Waals surface area contributed by atoms with E-state index in [4.69, 9.17) is 0 Å². The molecule has 0 spiro atoms. The molecule has 0 heterocycles. The van der Waals surface area contributed by atoms with Crippen molar-refractivity contribution < 1.29 is 51.0 Å². The Morgan fingerprint density at radius 3 is 1.78 bits per heavy atom. The monoisotopic (exact) mass is 419 g/mol. The van der Waals surface area contributed by atoms with Crippen LogP contribution in [0.15, 0.2) is 78.4 Å². The van der Waals surface area contributed by atoms with E-state index in [1.165, 1.54) is 34.4 Å². The molecule has 0 nitrogen and oxygen atoms in total. The van der Waals surface area contributed by atoms with Crippen LogP contribution in [0, 0.1) is 0 Å². The molecule has 0 amide bonds. The number of hydrogen-bond acceptors (Lipinski definition) is 0. The van der Waals surface area contributed by atoms with E-state index < -0.39 is 0 Å². The minimum Gasteiger partial charge on any atom is -1.00 e. The summed E-state index contributed by atoms with van der Waals surface area (Å²) < 4.78 is 0. The van der Waals surface area contributed by atoms with Crippen molar-refractivity contribution in [1.82, 2.24) is 0 Å². The van der Waals surface area contributed by atoms with Gasteiger partial charge >= 0.3 is 26.2 Å². The maximum atomic E-state index is 2.24. The van der Waals surface area contributed by atoms with Gasteiger partial charge in [-0.05, 0) is 12.8 Å². The molecule has 0 aliphatic heterocycles. The fourth-order valence-corrected chi connectivity index (χ4v) is 2.66. The van der Waals surface area contributed by atoms with Gasteiger partial charge in [-0.25, -0.2) is 0 Å². The molecular weight excluding hydrogens is 402 g/mol. The van der Waals surface area contributed by atoms with E-state index in [1.807, 2.05) is 0 Å². The number of halogens is 2. The van der Waals surface area contributed by atoms with Crippen LogP contribution < -0.4 is 24.8 Å². The van der Waals surface area contributed by atoms with Crippen LogP contribution in [-0.4, -0.2) is 0 Å². The van der Waals surface area contributed by atoms with Crippen LogP contribution in [-0.2, 0) is 26.2 Å². The van der Waals surface area contributed by atoms with Gasteiger partial charge in [-0.15, -0.1) is 39.7 Å². The summed E-state index contributed by atoms with van der Waals surface area (Å²) >= 11 is 0. The van der Waals surface area contributed by atoms with Crippen LogP contribution in [0.2, 0.25) is 0 Å². The van der Waals surface area contributed by atoms with Crippen molar-refractivity contribution in [3.8, 4) is 0 Å². The quantitative estimate of drug-likeness (QED) is 0.486. The molecule has 0 aromatic heterocycles. The molecule has 1 aliphatic rings. The molecule has 0 fully saturated rings. The third kappa shape index (κ3) is 5.38. The second-order valence-electron chi connectivity index (χ2n) is 5.13. The number of allylic oxidation sites excluding steroid dienone is 4. The molecular formula is C20H19Cl2Zr. The topological polar surface area (TPSA) is 0 Å². The molecule has 0 saturated heterocycles. The third-order valence-corrected chi connectivity index (χ3v) is 3.82. The molecule has 23 heavy (non-hydrogen) atoms. The van der Waals surface area contributed by atoms with E-state index in [-0.39, 0.29) is 51.0 Å². The molecule has 117 valence electrons. The zero-order chi connectivity index (χ0) is 13.8. The molecule has 3 aromatic rings. The molecule has 0 atom stereocenters. The maximum absolute atomic E-state index is 2.24. The third-order valence-electron chi connectivity index (χ3n) is 3.82. The first kappa shape index (κ1) is 22.3. The van der Waals surface area contributed by atoms with Gasteiger partial charge in [-0.1, -0.05) is 67.1 Å². The Kier molecular flexibility index (Phi) is 10.6. The van der Waals surface area contributed by atoms with Gasteiger partial charge in [0.15, 0.2) is 0 Å². The molecule has 0 N–H and O–H groups in total. The summed E-state index contributed by atoms with van der Waals surface area (Å²) in [7, 11) is 0. The Labute approximate surface area is 170 Å². The standard InChI is InChI=1S/C13H9.C7H10.2ClH.Zr/c1-3-7-12-10(5-1)9-11-6-2-4-8-13(11)12;1-2-7-5-3-4-6-7;;;/h1-9H;3-5H,2,6H2,1H3;2*1H;/q-1;;;;+3/p-2. The van der Waals surface area contributed by atoms with Gasteiger partial charge < -0.3 is 24.8 Å². The number of benzene rings is 2. The average molecular weight is 422 g/mol. The van der Waals surface area contributed by atoms with Gasteiger partial charge in [-0.3, -0.25) is 0 Å². The number of hydrogen-bond donors (Lipinski definition) is 0. The Bertz CT molecular complexity index is 734. The molecule has 3 aromatic carbocycles. The summed E-state index contributed by atoms with van der Waals surface area (Å²) in [6.45, 7) is 2.19. The van der Waals surface area contributed by atoms with Crippen LogP contribution in [0.5, 0.6) is 0 Å². The van der Waals surface area contributed by atoms with E-state index in [2.05, 4.69) is 79.7 Å². The summed E-state index contributed by atoms with van der Waals surface area (Å²) in [6.07, 6.45) is 8.92. The van der Waals surface area contributed by atoms with Crippen LogP contribution in [0.25, 0.3) is 21.5 Å². The summed E-state index contributed by atoms with van der Waals surface area (Å²) in [5, 5.41) is 5.39. The Hall–Kier alpha value is -0.747. The first-order chi connectivity index (χ1) is 9.88. The maximum Gasteiger partial charge on any atom is 3.00 e. The van der Waals surface area contributed by atoms with E-state index >= 15 is 0 Å². The van der Waals surface area contributed by atoms with Crippen molar-refractivity contribution in [3.63, 3.8) is 0 Å². The SMILES string of the molecule is CCC1=CC=CC1.[Cl-].[Cl-].[Zr+3].c1ccc2c(c1)[cH-]c1ccccc12. The summed E-state index contributed by atoms with van der Waals surface area (Å²) in [6, 6.07) is 19.3. The van der Waals surface area contributed by atoms with E-state index in [9.17, 15) is 0 Å². The predicted octanol–water partition coefficient (Wildman–Crippen LogP) is 0.000100. The average Bonchev–Trinajstić information content (AvgIpc) is 3.15. The second kappa shape index (κ2) is 10.9. The fourth-order valence-electron chi connectivity index (χ4n) is 2.66. The summed E-state index contributed by atoms with van der Waals surface area (Å²) in [5.74, 6) is 0. The van der Waals surface area contributed by atoms with Gasteiger partial charge in [0.2, 0.25) is 0 Å². The molecule has 0 unspecified atom stereocenters. The molecule has 3 heteroatoms. The predicted molar refractivity (Wildman–Crippen MR) is 89.2 cm³/mol. The first-order valence-electron chi connectivity index (χ1n) is 7.26. The first-order valence-corrected chi connectivity index (χ1v) is 7.26. The molecule has 0 bridgehead atoms. The largest absolute Gasteiger partial charge is 3.00 e.